The van der Waals surface area contributed by atoms with E-state index in [1.165, 1.54) is 0 Å². The van der Waals surface area contributed by atoms with E-state index >= 15 is 0 Å². The first-order chi connectivity index (χ1) is 16.4. The number of aliphatic carboxylic acids is 1. The number of nitriles is 1. The SMILES string of the molecule is N#CCCCC(NC(=O)OCC1c2ccccc2-c2ccccc21)C(=O)NCCC(O)C(=O)O. The summed E-state index contributed by atoms with van der Waals surface area (Å²) in [5.41, 5.74) is 4.34. The molecule has 0 saturated carbocycles. The first-order valence-electron chi connectivity index (χ1n) is 11.1. The minimum atomic E-state index is -1.59. The van der Waals surface area contributed by atoms with E-state index in [1.807, 2.05) is 54.6 Å². The molecule has 2 unspecified atom stereocenters. The van der Waals surface area contributed by atoms with Crippen LogP contribution in [-0.2, 0) is 14.3 Å². The molecule has 0 saturated heterocycles. The molecule has 0 radical (unpaired) electrons. The van der Waals surface area contributed by atoms with Crippen LogP contribution < -0.4 is 10.6 Å². The van der Waals surface area contributed by atoms with Crippen LogP contribution >= 0.6 is 0 Å². The number of aliphatic hydroxyl groups is 1. The number of rotatable bonds is 11. The molecule has 178 valence electrons. The van der Waals surface area contributed by atoms with Gasteiger partial charge in [0, 0.05) is 25.3 Å². The maximum absolute atomic E-state index is 12.5. The number of alkyl carbamates (subject to hydrolysis) is 1. The lowest BCUT2D eigenvalue weighted by atomic mass is 9.98. The Hall–Kier alpha value is -3.90. The van der Waals surface area contributed by atoms with Crippen LogP contribution in [0.3, 0.4) is 0 Å². The first-order valence-corrected chi connectivity index (χ1v) is 11.1. The Morgan fingerprint density at radius 3 is 2.24 bits per heavy atom. The molecular weight excluding hydrogens is 438 g/mol. The van der Waals surface area contributed by atoms with Crippen LogP contribution in [-0.4, -0.2) is 53.5 Å². The zero-order valence-corrected chi connectivity index (χ0v) is 18.6. The second kappa shape index (κ2) is 11.8. The number of benzene rings is 2. The highest BCUT2D eigenvalue weighted by molar-refractivity contribution is 5.85. The van der Waals surface area contributed by atoms with Crippen LogP contribution in [0.15, 0.2) is 48.5 Å². The molecule has 2 atom stereocenters. The Labute approximate surface area is 197 Å². The fourth-order valence-corrected chi connectivity index (χ4v) is 4.02. The quantitative estimate of drug-likeness (QED) is 0.373. The lowest BCUT2D eigenvalue weighted by molar-refractivity contribution is -0.147. The largest absolute Gasteiger partial charge is 0.479 e. The van der Waals surface area contributed by atoms with Crippen molar-refractivity contribution < 1.29 is 29.3 Å². The number of carboxylic acids is 1. The summed E-state index contributed by atoms with van der Waals surface area (Å²) in [7, 11) is 0. The Morgan fingerprint density at radius 1 is 1.03 bits per heavy atom. The van der Waals surface area contributed by atoms with E-state index in [1.54, 1.807) is 0 Å². The van der Waals surface area contributed by atoms with Gasteiger partial charge in [0.25, 0.3) is 0 Å². The van der Waals surface area contributed by atoms with Gasteiger partial charge in [-0.3, -0.25) is 4.79 Å². The number of hydrogen-bond acceptors (Lipinski definition) is 6. The van der Waals surface area contributed by atoms with Crippen LogP contribution in [0.5, 0.6) is 0 Å². The highest BCUT2D eigenvalue weighted by Crippen LogP contribution is 2.44. The van der Waals surface area contributed by atoms with Gasteiger partial charge in [0.1, 0.15) is 12.6 Å². The Balaban J connectivity index is 1.59. The van der Waals surface area contributed by atoms with E-state index in [-0.39, 0.29) is 38.3 Å². The zero-order chi connectivity index (χ0) is 24.5. The number of carboxylic acid groups (broad SMARTS) is 1. The smallest absolute Gasteiger partial charge is 0.407 e. The van der Waals surface area contributed by atoms with Crippen molar-refractivity contribution in [3.8, 4) is 17.2 Å². The molecule has 0 heterocycles. The number of nitrogens with one attached hydrogen (secondary N) is 2. The second-order valence-corrected chi connectivity index (χ2v) is 8.01. The molecule has 34 heavy (non-hydrogen) atoms. The molecule has 2 aromatic carbocycles. The summed E-state index contributed by atoms with van der Waals surface area (Å²) in [4.78, 5) is 35.8. The van der Waals surface area contributed by atoms with Crippen molar-refractivity contribution in [2.45, 2.75) is 43.7 Å². The van der Waals surface area contributed by atoms with Gasteiger partial charge in [-0.05, 0) is 35.1 Å². The summed E-state index contributed by atoms with van der Waals surface area (Å²) < 4.78 is 5.49. The fourth-order valence-electron chi connectivity index (χ4n) is 4.02. The summed E-state index contributed by atoms with van der Waals surface area (Å²) in [5.74, 6) is -2.04. The van der Waals surface area contributed by atoms with Gasteiger partial charge >= 0.3 is 12.1 Å². The van der Waals surface area contributed by atoms with Crippen LogP contribution in [0.4, 0.5) is 4.79 Å². The summed E-state index contributed by atoms with van der Waals surface area (Å²) in [6, 6.07) is 16.9. The number of carbonyl (C=O) groups is 3. The van der Waals surface area contributed by atoms with Crippen LogP contribution in [0.1, 0.15) is 42.7 Å². The van der Waals surface area contributed by atoms with E-state index < -0.39 is 30.1 Å². The lowest BCUT2D eigenvalue weighted by Crippen LogP contribution is -2.47. The number of aliphatic hydroxyl groups excluding tert-OH is 1. The Bertz CT molecular complexity index is 1030. The molecule has 9 nitrogen and oxygen atoms in total. The van der Waals surface area contributed by atoms with Crippen LogP contribution in [0.25, 0.3) is 11.1 Å². The molecule has 1 aliphatic rings. The number of ether oxygens (including phenoxy) is 1. The Kier molecular flexibility index (Phi) is 8.60. The summed E-state index contributed by atoms with van der Waals surface area (Å²) >= 11 is 0. The van der Waals surface area contributed by atoms with Gasteiger partial charge in [-0.2, -0.15) is 5.26 Å². The van der Waals surface area contributed by atoms with E-state index in [0.29, 0.717) is 6.42 Å². The van der Waals surface area contributed by atoms with Gasteiger partial charge in [0.05, 0.1) is 6.07 Å². The number of carbonyl (C=O) groups excluding carboxylic acids is 2. The topological polar surface area (TPSA) is 149 Å². The molecule has 2 aromatic rings. The predicted octanol–water partition coefficient (Wildman–Crippen LogP) is 2.54. The van der Waals surface area contributed by atoms with Crippen molar-refractivity contribution in [1.82, 2.24) is 10.6 Å². The monoisotopic (exact) mass is 465 g/mol. The molecule has 4 N–H and O–H groups in total. The number of amides is 2. The third kappa shape index (κ3) is 6.11. The average Bonchev–Trinajstić information content (AvgIpc) is 3.15. The standard InChI is InChI=1S/C25H27N3O6/c26-13-6-5-11-21(23(30)27-14-12-22(29)24(31)32)28-25(33)34-15-20-18-9-3-1-7-16(18)17-8-2-4-10-19(17)20/h1-4,7-10,20-22,29H,5-6,11-12,14-15H2,(H,27,30)(H,28,33)(H,31,32). The van der Waals surface area contributed by atoms with E-state index in [0.717, 1.165) is 22.3 Å². The number of unbranched alkanes of at least 4 members (excludes halogenated alkanes) is 1. The predicted molar refractivity (Wildman–Crippen MR) is 123 cm³/mol. The molecule has 0 aromatic heterocycles. The van der Waals surface area contributed by atoms with Gasteiger partial charge in [0.15, 0.2) is 6.10 Å². The van der Waals surface area contributed by atoms with Crippen molar-refractivity contribution in [3.63, 3.8) is 0 Å². The lowest BCUT2D eigenvalue weighted by Gasteiger charge is -2.20. The zero-order valence-electron chi connectivity index (χ0n) is 18.6. The summed E-state index contributed by atoms with van der Waals surface area (Å²) in [5, 5.41) is 31.9. The maximum atomic E-state index is 12.5. The van der Waals surface area contributed by atoms with E-state index in [2.05, 4.69) is 10.6 Å². The highest BCUT2D eigenvalue weighted by Gasteiger charge is 2.29. The molecule has 3 rings (SSSR count). The van der Waals surface area contributed by atoms with Crippen molar-refractivity contribution in [1.29, 1.82) is 5.26 Å². The van der Waals surface area contributed by atoms with Crippen molar-refractivity contribution >= 4 is 18.0 Å². The van der Waals surface area contributed by atoms with Crippen molar-refractivity contribution in [2.24, 2.45) is 0 Å². The average molecular weight is 466 g/mol. The Morgan fingerprint density at radius 2 is 1.65 bits per heavy atom. The van der Waals surface area contributed by atoms with Crippen LogP contribution in [0, 0.1) is 11.3 Å². The molecule has 0 spiro atoms. The third-order valence-electron chi connectivity index (χ3n) is 5.74. The van der Waals surface area contributed by atoms with Crippen molar-refractivity contribution in [2.75, 3.05) is 13.2 Å². The van der Waals surface area contributed by atoms with Gasteiger partial charge in [-0.25, -0.2) is 9.59 Å². The molecular formula is C25H27N3O6. The van der Waals surface area contributed by atoms with E-state index in [9.17, 15) is 19.5 Å². The summed E-state index contributed by atoms with van der Waals surface area (Å²) in [6.45, 7) is 0.0185. The number of hydrogen-bond donors (Lipinski definition) is 4. The minimum Gasteiger partial charge on any atom is -0.479 e. The fraction of sp³-hybridized carbons (Fsp3) is 0.360. The van der Waals surface area contributed by atoms with Gasteiger partial charge in [-0.1, -0.05) is 48.5 Å². The maximum Gasteiger partial charge on any atom is 0.407 e. The molecule has 2 amide bonds. The molecule has 9 heteroatoms. The van der Waals surface area contributed by atoms with Gasteiger partial charge in [0.2, 0.25) is 5.91 Å². The van der Waals surface area contributed by atoms with E-state index in [4.69, 9.17) is 15.1 Å². The third-order valence-corrected chi connectivity index (χ3v) is 5.74. The number of nitrogens with zero attached hydrogens (tertiary/aromatic N) is 1. The molecule has 0 bridgehead atoms. The second-order valence-electron chi connectivity index (χ2n) is 8.01. The first kappa shape index (κ1) is 24.7. The normalized spacial score (nSPS) is 13.6. The number of fused-ring (bicyclic) bond motifs is 3. The molecule has 1 aliphatic carbocycles. The van der Waals surface area contributed by atoms with Crippen molar-refractivity contribution in [3.05, 3.63) is 59.7 Å². The summed E-state index contributed by atoms with van der Waals surface area (Å²) in [6.07, 6.45) is -1.71. The van der Waals surface area contributed by atoms with Gasteiger partial charge < -0.3 is 25.6 Å². The molecule has 0 aliphatic heterocycles. The molecule has 0 fully saturated rings. The van der Waals surface area contributed by atoms with Gasteiger partial charge in [-0.15, -0.1) is 0 Å². The van der Waals surface area contributed by atoms with Crippen LogP contribution in [0.2, 0.25) is 0 Å². The highest BCUT2D eigenvalue weighted by atomic mass is 16.5. The minimum absolute atomic E-state index is 0.0760.